The normalized spacial score (nSPS) is 11.7. The van der Waals surface area contributed by atoms with Gasteiger partial charge in [0, 0.05) is 23.1 Å². The topological polar surface area (TPSA) is 128 Å². The van der Waals surface area contributed by atoms with Gasteiger partial charge in [0.15, 0.2) is 11.5 Å². The van der Waals surface area contributed by atoms with Gasteiger partial charge < -0.3 is 11.5 Å². The maximum atomic E-state index is 14.0. The molecule has 3 aromatic heterocycles. The molecular formula is C17H16FN7O. The number of hydrogen-bond acceptors (Lipinski definition) is 5. The standard InChI is InChI=1S/C17H16FN7O/c1-7(2)16-22-17-12(15(20)26)13(19)10(6-25(17)24-16)8-3-4-11(18)14-9(8)5-21-23-14/h3-7H,19H2,1-2H3,(H2,20,26)(H,21,23). The van der Waals surface area contributed by atoms with Gasteiger partial charge in [-0.2, -0.15) is 10.2 Å². The number of carbonyl (C=O) groups is 1. The molecule has 4 aromatic rings. The molecule has 0 unspecified atom stereocenters. The van der Waals surface area contributed by atoms with Crippen LogP contribution in [-0.2, 0) is 0 Å². The number of nitrogens with two attached hydrogens (primary N) is 2. The maximum Gasteiger partial charge on any atom is 0.254 e. The lowest BCUT2D eigenvalue weighted by Gasteiger charge is -2.11. The van der Waals surface area contributed by atoms with Gasteiger partial charge in [-0.1, -0.05) is 19.9 Å². The van der Waals surface area contributed by atoms with Gasteiger partial charge in [-0.15, -0.1) is 0 Å². The monoisotopic (exact) mass is 353 g/mol. The zero-order valence-electron chi connectivity index (χ0n) is 14.1. The Morgan fingerprint density at radius 1 is 1.31 bits per heavy atom. The van der Waals surface area contributed by atoms with Crippen LogP contribution in [0.5, 0.6) is 0 Å². The second-order valence-corrected chi connectivity index (χ2v) is 6.34. The van der Waals surface area contributed by atoms with Crippen molar-refractivity contribution in [3.63, 3.8) is 0 Å². The number of carbonyl (C=O) groups excluding carboxylic acids is 1. The molecule has 0 aliphatic carbocycles. The Morgan fingerprint density at radius 2 is 2.08 bits per heavy atom. The van der Waals surface area contributed by atoms with Crippen LogP contribution in [0.1, 0.15) is 35.9 Å². The highest BCUT2D eigenvalue weighted by Crippen LogP contribution is 2.35. The largest absolute Gasteiger partial charge is 0.397 e. The van der Waals surface area contributed by atoms with Crippen molar-refractivity contribution in [3.8, 4) is 11.1 Å². The first-order valence-corrected chi connectivity index (χ1v) is 7.99. The number of rotatable bonds is 3. The Hall–Kier alpha value is -3.49. The number of fused-ring (bicyclic) bond motifs is 2. The molecule has 1 aromatic carbocycles. The molecule has 0 aliphatic rings. The average molecular weight is 353 g/mol. The number of aromatic amines is 1. The zero-order valence-corrected chi connectivity index (χ0v) is 14.1. The lowest BCUT2D eigenvalue weighted by Crippen LogP contribution is -2.16. The molecule has 26 heavy (non-hydrogen) atoms. The quantitative estimate of drug-likeness (QED) is 0.520. The van der Waals surface area contributed by atoms with Gasteiger partial charge >= 0.3 is 0 Å². The number of anilines is 1. The van der Waals surface area contributed by atoms with E-state index in [-0.39, 0.29) is 22.7 Å². The van der Waals surface area contributed by atoms with E-state index in [1.54, 1.807) is 12.3 Å². The van der Waals surface area contributed by atoms with Crippen LogP contribution < -0.4 is 11.5 Å². The molecule has 0 atom stereocenters. The van der Waals surface area contributed by atoms with E-state index >= 15 is 0 Å². The summed E-state index contributed by atoms with van der Waals surface area (Å²) in [5, 5.41) is 11.5. The van der Waals surface area contributed by atoms with E-state index in [1.807, 2.05) is 13.8 Å². The summed E-state index contributed by atoms with van der Waals surface area (Å²) >= 11 is 0. The molecule has 132 valence electrons. The fourth-order valence-corrected chi connectivity index (χ4v) is 2.99. The summed E-state index contributed by atoms with van der Waals surface area (Å²) in [7, 11) is 0. The van der Waals surface area contributed by atoms with E-state index in [4.69, 9.17) is 11.5 Å². The molecule has 0 fully saturated rings. The van der Waals surface area contributed by atoms with Crippen LogP contribution in [0.4, 0.5) is 10.1 Å². The number of amides is 1. The van der Waals surface area contributed by atoms with Crippen LogP contribution in [0.15, 0.2) is 24.5 Å². The van der Waals surface area contributed by atoms with Crippen LogP contribution in [0.2, 0.25) is 0 Å². The van der Waals surface area contributed by atoms with Gasteiger partial charge in [0.25, 0.3) is 5.91 Å². The lowest BCUT2D eigenvalue weighted by molar-refractivity contribution is 0.100. The summed E-state index contributed by atoms with van der Waals surface area (Å²) in [6.45, 7) is 3.88. The summed E-state index contributed by atoms with van der Waals surface area (Å²) in [5.74, 6) is -0.509. The van der Waals surface area contributed by atoms with E-state index in [0.29, 0.717) is 28.0 Å². The number of aromatic nitrogens is 5. The molecule has 0 spiro atoms. The molecule has 1 amide bonds. The van der Waals surface area contributed by atoms with Gasteiger partial charge in [0.1, 0.15) is 16.9 Å². The number of H-pyrrole nitrogens is 1. The highest BCUT2D eigenvalue weighted by atomic mass is 19.1. The number of nitrogen functional groups attached to an aromatic ring is 1. The molecular weight excluding hydrogens is 337 g/mol. The summed E-state index contributed by atoms with van der Waals surface area (Å²) in [6.07, 6.45) is 3.16. The Bertz CT molecular complexity index is 1170. The van der Waals surface area contributed by atoms with Gasteiger partial charge in [0.2, 0.25) is 0 Å². The van der Waals surface area contributed by atoms with Gasteiger partial charge in [0.05, 0.1) is 11.9 Å². The number of halogens is 1. The summed E-state index contributed by atoms with van der Waals surface area (Å²) in [5.41, 5.74) is 13.7. The third kappa shape index (κ3) is 2.20. The number of nitrogens with one attached hydrogen (secondary N) is 1. The summed E-state index contributed by atoms with van der Waals surface area (Å²) < 4.78 is 15.4. The predicted octanol–water partition coefficient (Wildman–Crippen LogP) is 2.22. The van der Waals surface area contributed by atoms with Crippen molar-refractivity contribution in [1.29, 1.82) is 0 Å². The zero-order chi connectivity index (χ0) is 18.6. The van der Waals surface area contributed by atoms with Crippen molar-refractivity contribution in [2.24, 2.45) is 5.73 Å². The molecule has 4 rings (SSSR count). The van der Waals surface area contributed by atoms with Crippen molar-refractivity contribution >= 4 is 28.1 Å². The highest BCUT2D eigenvalue weighted by Gasteiger charge is 2.22. The molecule has 9 heteroatoms. The molecule has 0 saturated heterocycles. The van der Waals surface area contributed by atoms with Crippen LogP contribution in [0.3, 0.4) is 0 Å². The van der Waals surface area contributed by atoms with Crippen LogP contribution in [0, 0.1) is 5.82 Å². The first kappa shape index (κ1) is 16.0. The molecule has 0 bridgehead atoms. The van der Waals surface area contributed by atoms with Gasteiger partial charge in [-0.05, 0) is 11.6 Å². The van der Waals surface area contributed by atoms with E-state index in [9.17, 15) is 9.18 Å². The van der Waals surface area contributed by atoms with E-state index in [0.717, 1.165) is 0 Å². The Labute approximate surface area is 147 Å². The maximum absolute atomic E-state index is 14.0. The van der Waals surface area contributed by atoms with Crippen LogP contribution in [0.25, 0.3) is 27.7 Å². The number of primary amides is 1. The molecule has 5 N–H and O–H groups in total. The predicted molar refractivity (Wildman–Crippen MR) is 95.1 cm³/mol. The minimum absolute atomic E-state index is 0.0618. The Kier molecular flexibility index (Phi) is 3.39. The minimum Gasteiger partial charge on any atom is -0.397 e. The van der Waals surface area contributed by atoms with Crippen molar-refractivity contribution in [2.75, 3.05) is 5.73 Å². The van der Waals surface area contributed by atoms with E-state index in [1.165, 1.54) is 16.8 Å². The molecule has 0 aliphatic heterocycles. The van der Waals surface area contributed by atoms with Crippen molar-refractivity contribution in [3.05, 3.63) is 41.7 Å². The fourth-order valence-electron chi connectivity index (χ4n) is 2.99. The summed E-state index contributed by atoms with van der Waals surface area (Å²) in [6, 6.07) is 2.89. The number of hydrogen-bond donors (Lipinski definition) is 3. The Morgan fingerprint density at radius 3 is 2.77 bits per heavy atom. The third-order valence-electron chi connectivity index (χ3n) is 4.30. The van der Waals surface area contributed by atoms with Crippen molar-refractivity contribution < 1.29 is 9.18 Å². The third-order valence-corrected chi connectivity index (χ3v) is 4.30. The molecule has 0 saturated carbocycles. The lowest BCUT2D eigenvalue weighted by atomic mass is 9.99. The molecule has 0 radical (unpaired) electrons. The minimum atomic E-state index is -0.706. The highest BCUT2D eigenvalue weighted by molar-refractivity contribution is 6.08. The number of nitrogens with zero attached hydrogens (tertiary/aromatic N) is 4. The fraction of sp³-hybridized carbons (Fsp3) is 0.176. The Balaban J connectivity index is 2.09. The second-order valence-electron chi connectivity index (χ2n) is 6.34. The number of benzene rings is 1. The van der Waals surface area contributed by atoms with Gasteiger partial charge in [-0.25, -0.2) is 13.9 Å². The second kappa shape index (κ2) is 5.51. The molecule has 8 nitrogen and oxygen atoms in total. The smallest absolute Gasteiger partial charge is 0.254 e. The van der Waals surface area contributed by atoms with Crippen LogP contribution >= 0.6 is 0 Å². The van der Waals surface area contributed by atoms with Crippen LogP contribution in [-0.4, -0.2) is 30.7 Å². The van der Waals surface area contributed by atoms with Crippen molar-refractivity contribution in [1.82, 2.24) is 24.8 Å². The number of pyridine rings is 1. The SMILES string of the molecule is CC(C)c1nc2c(C(N)=O)c(N)c(-c3ccc(F)c4[nH]ncc34)cn2n1. The first-order valence-electron chi connectivity index (χ1n) is 7.99. The average Bonchev–Trinajstić information content (AvgIpc) is 3.21. The van der Waals surface area contributed by atoms with Gasteiger partial charge in [-0.3, -0.25) is 9.89 Å². The molecule has 3 heterocycles. The van der Waals surface area contributed by atoms with E-state index in [2.05, 4.69) is 20.3 Å². The first-order chi connectivity index (χ1) is 12.4. The van der Waals surface area contributed by atoms with Crippen molar-refractivity contribution in [2.45, 2.75) is 19.8 Å². The van der Waals surface area contributed by atoms with E-state index < -0.39 is 11.7 Å². The summed E-state index contributed by atoms with van der Waals surface area (Å²) in [4.78, 5) is 16.4.